The molecule has 0 aliphatic heterocycles. The summed E-state index contributed by atoms with van der Waals surface area (Å²) in [5.41, 5.74) is 2.07. The third kappa shape index (κ3) is 5.19. The van der Waals surface area contributed by atoms with Gasteiger partial charge >= 0.3 is 0 Å². The van der Waals surface area contributed by atoms with Crippen LogP contribution in [0.2, 0.25) is 0 Å². The highest BCUT2D eigenvalue weighted by Gasteiger charge is 2.06. The predicted molar refractivity (Wildman–Crippen MR) is 92.7 cm³/mol. The van der Waals surface area contributed by atoms with Gasteiger partial charge in [0.25, 0.3) is 0 Å². The van der Waals surface area contributed by atoms with Crippen LogP contribution in [-0.4, -0.2) is 31.8 Å². The van der Waals surface area contributed by atoms with Gasteiger partial charge in [-0.2, -0.15) is 0 Å². The van der Waals surface area contributed by atoms with Crippen LogP contribution < -0.4 is 14.8 Å². The summed E-state index contributed by atoms with van der Waals surface area (Å²) in [6, 6.07) is 12.9. The average Bonchev–Trinajstić information content (AvgIpc) is 2.61. The lowest BCUT2D eigenvalue weighted by molar-refractivity contribution is -0.121. The number of carbonyl (C=O) groups is 1. The Balaban J connectivity index is 1.75. The molecule has 2 aromatic carbocycles. The first-order valence-corrected chi connectivity index (χ1v) is 7.88. The van der Waals surface area contributed by atoms with Gasteiger partial charge in [0, 0.05) is 13.0 Å². The molecule has 0 aliphatic carbocycles. The smallest absolute Gasteiger partial charge is 0.220 e. The van der Waals surface area contributed by atoms with Crippen molar-refractivity contribution in [3.63, 3.8) is 0 Å². The first-order chi connectivity index (χ1) is 11.6. The lowest BCUT2D eigenvalue weighted by atomic mass is 10.1. The Labute approximate surface area is 142 Å². The molecule has 0 heterocycles. The van der Waals surface area contributed by atoms with Gasteiger partial charge < -0.3 is 19.9 Å². The highest BCUT2D eigenvalue weighted by atomic mass is 16.5. The summed E-state index contributed by atoms with van der Waals surface area (Å²) in [7, 11) is 3.14. The van der Waals surface area contributed by atoms with Crippen LogP contribution >= 0.6 is 0 Å². The maximum atomic E-state index is 11.9. The molecule has 5 nitrogen and oxygen atoms in total. The van der Waals surface area contributed by atoms with E-state index in [2.05, 4.69) is 5.32 Å². The molecule has 2 rings (SSSR count). The molecular formula is C19H23NO4. The van der Waals surface area contributed by atoms with Crippen LogP contribution in [0.15, 0.2) is 42.5 Å². The molecule has 5 heteroatoms. The van der Waals surface area contributed by atoms with Crippen LogP contribution in [-0.2, 0) is 17.6 Å². The van der Waals surface area contributed by atoms with E-state index in [0.29, 0.717) is 25.1 Å². The molecule has 24 heavy (non-hydrogen) atoms. The van der Waals surface area contributed by atoms with E-state index in [9.17, 15) is 9.90 Å². The van der Waals surface area contributed by atoms with Crippen molar-refractivity contribution in [1.29, 1.82) is 0 Å². The van der Waals surface area contributed by atoms with Gasteiger partial charge in [-0.15, -0.1) is 0 Å². The summed E-state index contributed by atoms with van der Waals surface area (Å²) in [5.74, 6) is 1.35. The van der Waals surface area contributed by atoms with E-state index in [-0.39, 0.29) is 11.7 Å². The summed E-state index contributed by atoms with van der Waals surface area (Å²) in [5, 5.41) is 12.5. The number of hydrogen-bond acceptors (Lipinski definition) is 4. The molecule has 0 atom stereocenters. The van der Waals surface area contributed by atoms with E-state index in [1.165, 1.54) is 7.11 Å². The Kier molecular flexibility index (Phi) is 6.49. The summed E-state index contributed by atoms with van der Waals surface area (Å²) in [6.07, 6.45) is 1.75. The van der Waals surface area contributed by atoms with Crippen molar-refractivity contribution in [2.45, 2.75) is 19.3 Å². The minimum Gasteiger partial charge on any atom is -0.504 e. The molecular weight excluding hydrogens is 306 g/mol. The highest BCUT2D eigenvalue weighted by molar-refractivity contribution is 5.76. The molecule has 0 spiro atoms. The Morgan fingerprint density at radius 2 is 1.83 bits per heavy atom. The van der Waals surface area contributed by atoms with Crippen molar-refractivity contribution in [2.75, 3.05) is 20.8 Å². The van der Waals surface area contributed by atoms with Crippen LogP contribution in [0.25, 0.3) is 0 Å². The number of phenols is 1. The largest absolute Gasteiger partial charge is 0.504 e. The van der Waals surface area contributed by atoms with E-state index in [1.54, 1.807) is 25.3 Å². The molecule has 2 aromatic rings. The van der Waals surface area contributed by atoms with Gasteiger partial charge in [0.1, 0.15) is 5.75 Å². The zero-order valence-electron chi connectivity index (χ0n) is 14.0. The number of nitrogens with one attached hydrogen (secondary N) is 1. The normalized spacial score (nSPS) is 10.2. The number of aryl methyl sites for hydroxylation is 1. The van der Waals surface area contributed by atoms with Crippen LogP contribution in [0, 0.1) is 0 Å². The lowest BCUT2D eigenvalue weighted by Crippen LogP contribution is -2.25. The van der Waals surface area contributed by atoms with Crippen LogP contribution in [0.1, 0.15) is 17.5 Å². The average molecular weight is 329 g/mol. The second-order valence-corrected chi connectivity index (χ2v) is 5.46. The summed E-state index contributed by atoms with van der Waals surface area (Å²) in [4.78, 5) is 11.9. The molecule has 0 aliphatic rings. The number of aromatic hydroxyl groups is 1. The van der Waals surface area contributed by atoms with Crippen LogP contribution in [0.4, 0.5) is 0 Å². The Morgan fingerprint density at radius 1 is 1.04 bits per heavy atom. The molecule has 1 amide bonds. The Hall–Kier alpha value is -2.69. The monoisotopic (exact) mass is 329 g/mol. The van der Waals surface area contributed by atoms with Gasteiger partial charge in [0.05, 0.1) is 14.2 Å². The van der Waals surface area contributed by atoms with E-state index < -0.39 is 0 Å². The molecule has 0 bridgehead atoms. The van der Waals surface area contributed by atoms with Crippen LogP contribution in [0.3, 0.4) is 0 Å². The third-order valence-corrected chi connectivity index (χ3v) is 3.75. The molecule has 2 N–H and O–H groups in total. The van der Waals surface area contributed by atoms with Gasteiger partial charge in [-0.25, -0.2) is 0 Å². The van der Waals surface area contributed by atoms with Crippen molar-refractivity contribution < 1.29 is 19.4 Å². The molecule has 0 radical (unpaired) electrons. The number of amides is 1. The maximum Gasteiger partial charge on any atom is 0.220 e. The number of phenolic OH excluding ortho intramolecular Hbond substituents is 1. The van der Waals surface area contributed by atoms with Gasteiger partial charge in [0.15, 0.2) is 11.5 Å². The molecule has 0 saturated carbocycles. The molecule has 0 saturated heterocycles. The topological polar surface area (TPSA) is 67.8 Å². The van der Waals surface area contributed by atoms with Crippen molar-refractivity contribution in [3.05, 3.63) is 53.6 Å². The SMILES string of the molecule is COc1cccc(CCNC(=O)CCc2ccc(O)c(OC)c2)c1. The minimum atomic E-state index is 0.00457. The second kappa shape index (κ2) is 8.82. The first kappa shape index (κ1) is 17.7. The first-order valence-electron chi connectivity index (χ1n) is 7.88. The van der Waals surface area contributed by atoms with E-state index >= 15 is 0 Å². The summed E-state index contributed by atoms with van der Waals surface area (Å²) < 4.78 is 10.2. The summed E-state index contributed by atoms with van der Waals surface area (Å²) >= 11 is 0. The van der Waals surface area contributed by atoms with E-state index in [1.807, 2.05) is 24.3 Å². The van der Waals surface area contributed by atoms with Gasteiger partial charge in [0.2, 0.25) is 5.91 Å². The zero-order valence-corrected chi connectivity index (χ0v) is 14.0. The Bertz CT molecular complexity index is 685. The van der Waals surface area contributed by atoms with Gasteiger partial charge in [-0.3, -0.25) is 4.79 Å². The minimum absolute atomic E-state index is 0.00457. The number of carbonyl (C=O) groups excluding carboxylic acids is 1. The fraction of sp³-hybridized carbons (Fsp3) is 0.316. The summed E-state index contributed by atoms with van der Waals surface area (Å²) in [6.45, 7) is 0.588. The van der Waals surface area contributed by atoms with Crippen molar-refractivity contribution in [3.8, 4) is 17.2 Å². The number of benzene rings is 2. The van der Waals surface area contributed by atoms with Crippen molar-refractivity contribution >= 4 is 5.91 Å². The van der Waals surface area contributed by atoms with E-state index in [0.717, 1.165) is 23.3 Å². The number of hydrogen-bond donors (Lipinski definition) is 2. The fourth-order valence-electron chi connectivity index (χ4n) is 2.40. The van der Waals surface area contributed by atoms with Gasteiger partial charge in [-0.1, -0.05) is 18.2 Å². The van der Waals surface area contributed by atoms with Crippen LogP contribution in [0.5, 0.6) is 17.2 Å². The Morgan fingerprint density at radius 3 is 2.58 bits per heavy atom. The quantitative estimate of drug-likeness (QED) is 0.781. The predicted octanol–water partition coefficient (Wildman–Crippen LogP) is 2.70. The van der Waals surface area contributed by atoms with Gasteiger partial charge in [-0.05, 0) is 48.2 Å². The van der Waals surface area contributed by atoms with Crippen molar-refractivity contribution in [2.24, 2.45) is 0 Å². The molecule has 0 fully saturated rings. The number of methoxy groups -OCH3 is 2. The molecule has 128 valence electrons. The molecule has 0 aromatic heterocycles. The second-order valence-electron chi connectivity index (χ2n) is 5.46. The van der Waals surface area contributed by atoms with Crippen molar-refractivity contribution in [1.82, 2.24) is 5.32 Å². The fourth-order valence-corrected chi connectivity index (χ4v) is 2.40. The highest BCUT2D eigenvalue weighted by Crippen LogP contribution is 2.26. The number of ether oxygens (including phenoxy) is 2. The lowest BCUT2D eigenvalue weighted by Gasteiger charge is -2.08. The zero-order chi connectivity index (χ0) is 17.4. The number of rotatable bonds is 8. The standard InChI is InChI=1S/C19H23NO4/c1-23-16-5-3-4-14(12-16)10-11-20-19(22)9-7-15-6-8-17(21)18(13-15)24-2/h3-6,8,12-13,21H,7,9-11H2,1-2H3,(H,20,22). The van der Waals surface area contributed by atoms with E-state index in [4.69, 9.17) is 9.47 Å². The molecule has 0 unspecified atom stereocenters. The third-order valence-electron chi connectivity index (χ3n) is 3.75. The maximum absolute atomic E-state index is 11.9.